The van der Waals surface area contributed by atoms with Gasteiger partial charge in [-0.15, -0.1) is 0 Å². The number of hydrogen-bond acceptors (Lipinski definition) is 7. The number of ether oxygens (including phenoxy) is 2. The average molecular weight is 575 g/mol. The van der Waals surface area contributed by atoms with Gasteiger partial charge in [-0.2, -0.15) is 0 Å². The zero-order valence-electron chi connectivity index (χ0n) is 24.9. The maximum atomic E-state index is 13.1. The van der Waals surface area contributed by atoms with Crippen molar-refractivity contribution in [3.05, 3.63) is 23.3 Å². The molecule has 226 valence electrons. The number of piperidine rings is 1. The summed E-state index contributed by atoms with van der Waals surface area (Å²) in [5, 5.41) is 18.1. The van der Waals surface area contributed by atoms with Crippen LogP contribution in [0.2, 0.25) is 0 Å². The van der Waals surface area contributed by atoms with Gasteiger partial charge < -0.3 is 24.2 Å². The lowest BCUT2D eigenvalue weighted by atomic mass is 9.66. The van der Waals surface area contributed by atoms with Gasteiger partial charge in [0.15, 0.2) is 11.8 Å². The quantitative estimate of drug-likeness (QED) is 0.131. The van der Waals surface area contributed by atoms with Gasteiger partial charge in [0.05, 0.1) is 52.1 Å². The van der Waals surface area contributed by atoms with Crippen LogP contribution in [-0.2, 0) is 29.4 Å². The van der Waals surface area contributed by atoms with E-state index in [2.05, 4.69) is 20.8 Å². The monoisotopic (exact) mass is 574 g/mol. The summed E-state index contributed by atoms with van der Waals surface area (Å²) in [4.78, 5) is 60.9. The molecule has 2 bridgehead atoms. The maximum absolute atomic E-state index is 13.1. The summed E-state index contributed by atoms with van der Waals surface area (Å²) < 4.78 is 12.1. The highest BCUT2D eigenvalue weighted by Gasteiger charge is 2.61. The second kappa shape index (κ2) is 13.1. The van der Waals surface area contributed by atoms with E-state index in [1.54, 1.807) is 12.1 Å². The van der Waals surface area contributed by atoms with Gasteiger partial charge >= 0.3 is 23.9 Å². The van der Waals surface area contributed by atoms with Crippen molar-refractivity contribution in [3.8, 4) is 11.5 Å². The number of quaternary nitrogens is 1. The Bertz CT molecular complexity index is 1130. The summed E-state index contributed by atoms with van der Waals surface area (Å²) in [6.07, 6.45) is 4.42. The summed E-state index contributed by atoms with van der Waals surface area (Å²) >= 11 is 0. The van der Waals surface area contributed by atoms with E-state index in [-0.39, 0.29) is 48.6 Å². The third kappa shape index (κ3) is 7.72. The van der Waals surface area contributed by atoms with E-state index in [1.165, 1.54) is 0 Å². The van der Waals surface area contributed by atoms with Crippen molar-refractivity contribution >= 4 is 29.7 Å². The van der Waals surface area contributed by atoms with Gasteiger partial charge in [-0.3, -0.25) is 24.0 Å². The SMILES string of the molecule is CCCCCCC(C)(C)c1cc(OC(=O)CCC(=O)O)c([C@H]2CC(=O)[C@H]3C[C@@H]2[N+]3(C)C)c(OC(=O)CCC(=O)O)c1. The molecule has 0 amide bonds. The molecule has 1 aromatic rings. The predicted octanol–water partition coefficient (Wildman–Crippen LogP) is 4.75. The number of hydrogen-bond donors (Lipinski definition) is 2. The molecule has 41 heavy (non-hydrogen) atoms. The summed E-state index contributed by atoms with van der Waals surface area (Å²) in [6.45, 7) is 6.25. The lowest BCUT2D eigenvalue weighted by molar-refractivity contribution is -0.976. The number of unbranched alkanes of at least 4 members (excludes halogenated alkanes) is 3. The molecule has 3 atom stereocenters. The van der Waals surface area contributed by atoms with Crippen molar-refractivity contribution in [3.63, 3.8) is 0 Å². The van der Waals surface area contributed by atoms with Gasteiger partial charge in [0, 0.05) is 12.0 Å². The molecule has 2 saturated heterocycles. The molecule has 1 aromatic carbocycles. The van der Waals surface area contributed by atoms with Gasteiger partial charge in [0.2, 0.25) is 0 Å². The molecular formula is C31H44NO9+. The molecule has 3 aliphatic rings. The Morgan fingerprint density at radius 2 is 1.44 bits per heavy atom. The molecule has 1 aliphatic carbocycles. The van der Waals surface area contributed by atoms with Gasteiger partial charge in [0.25, 0.3) is 0 Å². The standard InChI is InChI=1S/C31H43NO9/c1-6-7-8-9-14-31(2,3)19-15-24(40-28(38)12-10-26(34)35)30(25(16-19)41-29(39)13-11-27(36)37)20-17-23(33)22-18-21(20)32(22,4)5/h15-16,20-22H,6-14,17-18H2,1-5H3,(H-,34,35,36,37)/p+1/t20-,21-,22+/m0/s1. The van der Waals surface area contributed by atoms with Crippen LogP contribution in [0, 0.1) is 0 Å². The number of Topliss-reactive ketones (excluding diaryl/α,β-unsaturated/α-hetero) is 1. The largest absolute Gasteiger partial charge is 0.481 e. The van der Waals surface area contributed by atoms with Crippen LogP contribution >= 0.6 is 0 Å². The lowest BCUT2D eigenvalue weighted by Crippen LogP contribution is -2.74. The molecule has 10 heteroatoms. The molecule has 2 aliphatic heterocycles. The van der Waals surface area contributed by atoms with Crippen molar-refractivity contribution in [2.45, 2.75) is 115 Å². The zero-order chi connectivity index (χ0) is 30.5. The number of carbonyl (C=O) groups is 5. The molecule has 0 radical (unpaired) electrons. The van der Waals surface area contributed by atoms with Crippen LogP contribution in [0.25, 0.3) is 0 Å². The first-order valence-electron chi connectivity index (χ1n) is 14.6. The Hall–Kier alpha value is -3.27. The van der Waals surface area contributed by atoms with Crippen molar-refractivity contribution < 1.29 is 48.1 Å². The first kappa shape index (κ1) is 32.2. The Labute approximate surface area is 241 Å². The molecule has 4 rings (SSSR count). The lowest BCUT2D eigenvalue weighted by Gasteiger charge is -2.59. The molecule has 1 saturated carbocycles. The van der Waals surface area contributed by atoms with Crippen LogP contribution in [0.1, 0.15) is 108 Å². The minimum Gasteiger partial charge on any atom is -0.481 e. The fourth-order valence-electron chi connectivity index (χ4n) is 6.21. The van der Waals surface area contributed by atoms with Crippen molar-refractivity contribution in [1.29, 1.82) is 0 Å². The summed E-state index contributed by atoms with van der Waals surface area (Å²) in [5.41, 5.74) is 0.795. The minimum atomic E-state index is -1.13. The average Bonchev–Trinajstić information content (AvgIpc) is 2.88. The molecule has 0 spiro atoms. The molecule has 0 unspecified atom stereocenters. The smallest absolute Gasteiger partial charge is 0.311 e. The normalized spacial score (nSPS) is 21.1. The van der Waals surface area contributed by atoms with Crippen LogP contribution < -0.4 is 9.47 Å². The number of likely N-dealkylation sites (N-methyl/N-ethyl adjacent to an activating group) is 1. The second-order valence-electron chi connectivity index (χ2n) is 12.5. The predicted molar refractivity (Wildman–Crippen MR) is 150 cm³/mol. The number of rotatable bonds is 15. The molecule has 2 N–H and O–H groups in total. The topological polar surface area (TPSA) is 144 Å². The van der Waals surface area contributed by atoms with Crippen LogP contribution in [0.5, 0.6) is 11.5 Å². The Morgan fingerprint density at radius 3 is 1.88 bits per heavy atom. The number of ketones is 1. The fourth-order valence-corrected chi connectivity index (χ4v) is 6.21. The number of carbonyl (C=O) groups excluding carboxylic acids is 3. The summed E-state index contributed by atoms with van der Waals surface area (Å²) in [6, 6.07) is 3.43. The number of carboxylic acids is 2. The highest BCUT2D eigenvalue weighted by Crippen LogP contribution is 2.53. The fraction of sp³-hybridized carbons (Fsp3) is 0.645. The first-order valence-corrected chi connectivity index (χ1v) is 14.6. The van der Waals surface area contributed by atoms with Gasteiger partial charge in [0.1, 0.15) is 17.5 Å². The highest BCUT2D eigenvalue weighted by molar-refractivity contribution is 5.87. The third-order valence-electron chi connectivity index (χ3n) is 8.83. The third-order valence-corrected chi connectivity index (χ3v) is 8.83. The van der Waals surface area contributed by atoms with E-state index in [9.17, 15) is 24.0 Å². The van der Waals surface area contributed by atoms with Crippen molar-refractivity contribution in [2.75, 3.05) is 14.1 Å². The van der Waals surface area contributed by atoms with Crippen LogP contribution in [0.3, 0.4) is 0 Å². The second-order valence-corrected chi connectivity index (χ2v) is 12.5. The highest BCUT2D eigenvalue weighted by atomic mass is 16.5. The minimum absolute atomic E-state index is 0.0125. The maximum Gasteiger partial charge on any atom is 0.311 e. The molecule has 3 fully saturated rings. The number of fused-ring (bicyclic) bond motifs is 2. The van der Waals surface area contributed by atoms with Gasteiger partial charge in [-0.25, -0.2) is 0 Å². The number of carboxylic acid groups (broad SMARTS) is 2. The molecule has 10 nitrogen and oxygen atoms in total. The number of aliphatic carboxylic acids is 2. The van der Waals surface area contributed by atoms with E-state index in [0.29, 0.717) is 16.5 Å². The molecule has 0 aromatic heterocycles. The van der Waals surface area contributed by atoms with E-state index in [0.717, 1.165) is 37.7 Å². The van der Waals surface area contributed by atoms with Crippen LogP contribution in [0.4, 0.5) is 0 Å². The first-order chi connectivity index (χ1) is 19.2. The number of nitrogens with zero attached hydrogens (tertiary/aromatic N) is 1. The number of benzene rings is 1. The Morgan fingerprint density at radius 1 is 0.902 bits per heavy atom. The zero-order valence-corrected chi connectivity index (χ0v) is 24.9. The van der Waals surface area contributed by atoms with Crippen molar-refractivity contribution in [1.82, 2.24) is 0 Å². The van der Waals surface area contributed by atoms with E-state index >= 15 is 0 Å². The number of esters is 2. The van der Waals surface area contributed by atoms with E-state index in [4.69, 9.17) is 19.7 Å². The summed E-state index contributed by atoms with van der Waals surface area (Å²) in [5.74, 6) is -3.76. The van der Waals surface area contributed by atoms with Crippen LogP contribution in [0.15, 0.2) is 12.1 Å². The summed E-state index contributed by atoms with van der Waals surface area (Å²) in [7, 11) is 3.96. The van der Waals surface area contributed by atoms with E-state index < -0.39 is 48.1 Å². The van der Waals surface area contributed by atoms with Crippen LogP contribution in [-0.4, -0.2) is 70.5 Å². The molecular weight excluding hydrogens is 530 g/mol. The van der Waals surface area contributed by atoms with Crippen molar-refractivity contribution in [2.24, 2.45) is 0 Å². The Kier molecular flexibility index (Phi) is 10.3. The van der Waals surface area contributed by atoms with Gasteiger partial charge in [-0.1, -0.05) is 46.5 Å². The molecule has 2 heterocycles. The van der Waals surface area contributed by atoms with Gasteiger partial charge in [-0.05, 0) is 29.5 Å². The Balaban J connectivity index is 2.12. The van der Waals surface area contributed by atoms with E-state index in [1.807, 2.05) is 14.1 Å².